The van der Waals surface area contributed by atoms with Crippen LogP contribution >= 0.6 is 0 Å². The molecule has 50 valence electrons. The van der Waals surface area contributed by atoms with Gasteiger partial charge < -0.3 is 9.33 Å². The lowest BCUT2D eigenvalue weighted by Crippen LogP contribution is -3.05. The first-order valence-corrected chi connectivity index (χ1v) is 3.87. The van der Waals surface area contributed by atoms with Crippen molar-refractivity contribution in [3.05, 3.63) is 0 Å². The average Bonchev–Trinajstić information content (AvgIpc) is 1.66. The second-order valence-corrected chi connectivity index (χ2v) is 2.88. The standard InChI is InChI=1S/C5H15NOSi/c1-6(2)4-3-5-7-8/h3-5H2,1-2,8H3/p+1. The van der Waals surface area contributed by atoms with Crippen molar-refractivity contribution in [1.29, 1.82) is 0 Å². The van der Waals surface area contributed by atoms with Gasteiger partial charge in [0.15, 0.2) is 0 Å². The molecule has 0 aliphatic rings. The Morgan fingerprint density at radius 1 is 1.50 bits per heavy atom. The molecule has 0 radical (unpaired) electrons. The van der Waals surface area contributed by atoms with E-state index in [-0.39, 0.29) is 0 Å². The Kier molecular flexibility index (Phi) is 5.37. The Hall–Kier alpha value is 0.137. The highest BCUT2D eigenvalue weighted by molar-refractivity contribution is 5.97. The summed E-state index contributed by atoms with van der Waals surface area (Å²) in [6.45, 7) is 2.18. The van der Waals surface area contributed by atoms with Gasteiger partial charge in [-0.2, -0.15) is 0 Å². The van der Waals surface area contributed by atoms with Crippen LogP contribution in [0.1, 0.15) is 6.42 Å². The van der Waals surface area contributed by atoms with Crippen LogP contribution in [0.25, 0.3) is 0 Å². The predicted molar refractivity (Wildman–Crippen MR) is 38.2 cm³/mol. The molecule has 0 saturated carbocycles. The highest BCUT2D eigenvalue weighted by Gasteiger charge is 1.89. The maximum Gasteiger partial charge on any atom is 0.145 e. The molecular weight excluding hydrogens is 118 g/mol. The van der Waals surface area contributed by atoms with E-state index in [1.165, 1.54) is 17.9 Å². The lowest BCUT2D eigenvalue weighted by molar-refractivity contribution is -0.858. The lowest BCUT2D eigenvalue weighted by Gasteiger charge is -2.04. The molecule has 0 spiro atoms. The summed E-state index contributed by atoms with van der Waals surface area (Å²) in [7, 11) is 5.21. The molecule has 1 N–H and O–H groups in total. The fraction of sp³-hybridized carbons (Fsp3) is 1.00. The first-order valence-electron chi connectivity index (χ1n) is 3.05. The summed E-state index contributed by atoms with van der Waals surface area (Å²) >= 11 is 0. The van der Waals surface area contributed by atoms with Gasteiger partial charge in [0.2, 0.25) is 0 Å². The van der Waals surface area contributed by atoms with Crippen LogP contribution in [0.3, 0.4) is 0 Å². The summed E-state index contributed by atoms with van der Waals surface area (Å²) in [4.78, 5) is 1.50. The molecule has 0 fully saturated rings. The minimum atomic E-state index is 0.890. The van der Waals surface area contributed by atoms with Gasteiger partial charge >= 0.3 is 0 Å². The minimum Gasteiger partial charge on any atom is -0.428 e. The summed E-state index contributed by atoms with van der Waals surface area (Å²) in [5.74, 6) is 0. The Morgan fingerprint density at radius 2 is 2.12 bits per heavy atom. The van der Waals surface area contributed by atoms with Gasteiger partial charge in [0.1, 0.15) is 10.5 Å². The fourth-order valence-electron chi connectivity index (χ4n) is 0.570. The smallest absolute Gasteiger partial charge is 0.145 e. The van der Waals surface area contributed by atoms with E-state index in [0.717, 1.165) is 17.1 Å². The zero-order valence-corrected chi connectivity index (χ0v) is 8.03. The van der Waals surface area contributed by atoms with E-state index < -0.39 is 0 Å². The summed E-state index contributed by atoms with van der Waals surface area (Å²) in [6.07, 6.45) is 1.20. The van der Waals surface area contributed by atoms with Crippen LogP contribution in [0.2, 0.25) is 0 Å². The first kappa shape index (κ1) is 8.14. The van der Waals surface area contributed by atoms with E-state index in [4.69, 9.17) is 4.43 Å². The maximum atomic E-state index is 5.02. The Balaban J connectivity index is 2.72. The zero-order chi connectivity index (χ0) is 6.41. The third-order valence-electron chi connectivity index (χ3n) is 1.03. The van der Waals surface area contributed by atoms with Crippen molar-refractivity contribution >= 4 is 10.5 Å². The van der Waals surface area contributed by atoms with Gasteiger partial charge in [-0.3, -0.25) is 0 Å². The van der Waals surface area contributed by atoms with Crippen molar-refractivity contribution in [3.8, 4) is 0 Å². The zero-order valence-electron chi connectivity index (χ0n) is 6.03. The summed E-state index contributed by atoms with van der Waals surface area (Å²) in [6, 6.07) is 0. The number of rotatable bonds is 4. The van der Waals surface area contributed by atoms with Crippen molar-refractivity contribution in [2.24, 2.45) is 0 Å². The van der Waals surface area contributed by atoms with E-state index in [1.54, 1.807) is 0 Å². The molecule has 0 aromatic carbocycles. The van der Waals surface area contributed by atoms with Gasteiger partial charge in [-0.25, -0.2) is 0 Å². The van der Waals surface area contributed by atoms with Crippen LogP contribution in [0.15, 0.2) is 0 Å². The van der Waals surface area contributed by atoms with Gasteiger partial charge in [-0.1, -0.05) is 0 Å². The van der Waals surface area contributed by atoms with Crippen molar-refractivity contribution in [1.82, 2.24) is 0 Å². The topological polar surface area (TPSA) is 13.7 Å². The third-order valence-corrected chi connectivity index (χ3v) is 1.43. The monoisotopic (exact) mass is 134 g/mol. The lowest BCUT2D eigenvalue weighted by atomic mass is 10.4. The molecule has 0 atom stereocenters. The molecule has 2 nitrogen and oxygen atoms in total. The first-order chi connectivity index (χ1) is 3.77. The molecule has 0 saturated heterocycles. The van der Waals surface area contributed by atoms with Crippen LogP contribution in [-0.2, 0) is 4.43 Å². The van der Waals surface area contributed by atoms with Crippen molar-refractivity contribution < 1.29 is 9.33 Å². The van der Waals surface area contributed by atoms with Crippen LogP contribution in [0.4, 0.5) is 0 Å². The molecule has 0 rings (SSSR count). The molecule has 0 bridgehead atoms. The molecular formula is C5H16NOSi+. The molecule has 0 aliphatic heterocycles. The van der Waals surface area contributed by atoms with Gasteiger partial charge in [-0.05, 0) is 0 Å². The van der Waals surface area contributed by atoms with E-state index in [0.29, 0.717) is 0 Å². The largest absolute Gasteiger partial charge is 0.428 e. The Morgan fingerprint density at radius 3 is 2.50 bits per heavy atom. The van der Waals surface area contributed by atoms with E-state index in [9.17, 15) is 0 Å². The molecule has 0 heterocycles. The van der Waals surface area contributed by atoms with Gasteiger partial charge in [0.05, 0.1) is 20.6 Å². The molecule has 0 aliphatic carbocycles. The van der Waals surface area contributed by atoms with Crippen LogP contribution in [0.5, 0.6) is 0 Å². The second kappa shape index (κ2) is 5.28. The van der Waals surface area contributed by atoms with Crippen LogP contribution in [0, 0.1) is 0 Å². The molecule has 0 unspecified atom stereocenters. The van der Waals surface area contributed by atoms with Crippen molar-refractivity contribution in [2.75, 3.05) is 27.2 Å². The van der Waals surface area contributed by atoms with Gasteiger partial charge in [0.25, 0.3) is 0 Å². The van der Waals surface area contributed by atoms with E-state index in [1.807, 2.05) is 0 Å². The third kappa shape index (κ3) is 6.14. The van der Waals surface area contributed by atoms with Gasteiger partial charge in [0, 0.05) is 13.0 Å². The Bertz CT molecular complexity index is 49.7. The minimum absolute atomic E-state index is 0.890. The molecule has 0 aromatic heterocycles. The predicted octanol–water partition coefficient (Wildman–Crippen LogP) is -2.18. The number of quaternary nitrogens is 1. The highest BCUT2D eigenvalue weighted by atomic mass is 28.2. The average molecular weight is 134 g/mol. The quantitative estimate of drug-likeness (QED) is 0.341. The Labute approximate surface area is 54.4 Å². The molecule has 0 amide bonds. The van der Waals surface area contributed by atoms with Crippen molar-refractivity contribution in [2.45, 2.75) is 6.42 Å². The number of hydrogen-bond acceptors (Lipinski definition) is 1. The van der Waals surface area contributed by atoms with E-state index >= 15 is 0 Å². The van der Waals surface area contributed by atoms with E-state index in [2.05, 4.69) is 14.1 Å². The fourth-order valence-corrected chi connectivity index (χ4v) is 0.859. The number of hydrogen-bond donors (Lipinski definition) is 1. The normalized spacial score (nSPS) is 10.9. The molecule has 0 aromatic rings. The maximum absolute atomic E-state index is 5.02. The molecule has 3 heteroatoms. The van der Waals surface area contributed by atoms with Crippen molar-refractivity contribution in [3.63, 3.8) is 0 Å². The summed E-state index contributed by atoms with van der Waals surface area (Å²) in [5, 5.41) is 0. The molecule has 8 heavy (non-hydrogen) atoms. The summed E-state index contributed by atoms with van der Waals surface area (Å²) in [5.41, 5.74) is 0. The van der Waals surface area contributed by atoms with Crippen LogP contribution < -0.4 is 4.90 Å². The number of nitrogens with one attached hydrogen (secondary N) is 1. The van der Waals surface area contributed by atoms with Crippen LogP contribution in [-0.4, -0.2) is 37.7 Å². The summed E-state index contributed by atoms with van der Waals surface area (Å²) < 4.78 is 5.02. The highest BCUT2D eigenvalue weighted by Crippen LogP contribution is 1.70. The van der Waals surface area contributed by atoms with Gasteiger partial charge in [-0.15, -0.1) is 0 Å². The second-order valence-electron chi connectivity index (χ2n) is 2.30. The SMILES string of the molecule is C[NH+](C)CCCO[SiH3].